The Morgan fingerprint density at radius 3 is 2.66 bits per heavy atom. The number of fused-ring (bicyclic) bond motifs is 2. The van der Waals surface area contributed by atoms with Crippen molar-refractivity contribution in [3.8, 4) is 22.7 Å². The molecule has 3 aliphatic rings. The summed E-state index contributed by atoms with van der Waals surface area (Å²) in [6, 6.07) is 9.44. The smallest absolute Gasteiger partial charge is 0.418 e. The highest BCUT2D eigenvalue weighted by Gasteiger charge is 2.36. The molecule has 1 N–H and O–H groups in total. The Hall–Kier alpha value is -3.33. The molecule has 9 heteroatoms. The molecule has 6 nitrogen and oxygen atoms in total. The highest BCUT2D eigenvalue weighted by molar-refractivity contribution is 5.68. The van der Waals surface area contributed by atoms with E-state index in [1.54, 1.807) is 0 Å². The summed E-state index contributed by atoms with van der Waals surface area (Å²) in [6.07, 6.45) is -1.96. The number of β-amino-alcohol motifs (C(OH)–C–C–N with tert-alkyl or cyclic N) is 1. The molecule has 35 heavy (non-hydrogen) atoms. The van der Waals surface area contributed by atoms with Crippen molar-refractivity contribution in [1.29, 1.82) is 0 Å². The van der Waals surface area contributed by atoms with Crippen LogP contribution < -0.4 is 15.2 Å². The number of aromatic nitrogens is 2. The number of benzene rings is 2. The van der Waals surface area contributed by atoms with E-state index in [1.807, 2.05) is 23.1 Å². The minimum Gasteiger partial charge on any atom is -0.493 e. The molecule has 1 aromatic heterocycles. The Labute approximate surface area is 199 Å². The summed E-state index contributed by atoms with van der Waals surface area (Å²) in [4.78, 5) is 15.3. The fourth-order valence-electron chi connectivity index (χ4n) is 5.41. The first-order chi connectivity index (χ1) is 16.8. The van der Waals surface area contributed by atoms with Crippen molar-refractivity contribution in [1.82, 2.24) is 9.78 Å². The van der Waals surface area contributed by atoms with Crippen molar-refractivity contribution in [3.63, 3.8) is 0 Å². The Morgan fingerprint density at radius 1 is 1.06 bits per heavy atom. The van der Waals surface area contributed by atoms with E-state index in [1.165, 1.54) is 12.1 Å². The number of halogens is 3. The van der Waals surface area contributed by atoms with Gasteiger partial charge in [0.05, 0.1) is 29.7 Å². The molecule has 1 atom stereocenters. The van der Waals surface area contributed by atoms with Gasteiger partial charge in [0.15, 0.2) is 0 Å². The third-order valence-electron chi connectivity index (χ3n) is 7.16. The minimum absolute atomic E-state index is 0.290. The number of anilines is 1. The average Bonchev–Trinajstić information content (AvgIpc) is 3.59. The van der Waals surface area contributed by atoms with Crippen molar-refractivity contribution >= 4 is 5.69 Å². The van der Waals surface area contributed by atoms with Gasteiger partial charge in [-0.15, -0.1) is 0 Å². The zero-order chi connectivity index (χ0) is 24.3. The molecule has 0 radical (unpaired) electrons. The van der Waals surface area contributed by atoms with Crippen LogP contribution in [0.3, 0.4) is 0 Å². The summed E-state index contributed by atoms with van der Waals surface area (Å²) in [5.74, 6) is 0.804. The maximum Gasteiger partial charge on any atom is 0.418 e. The van der Waals surface area contributed by atoms with Crippen molar-refractivity contribution in [2.45, 2.75) is 44.4 Å². The van der Waals surface area contributed by atoms with Gasteiger partial charge in [-0.05, 0) is 73.2 Å². The summed E-state index contributed by atoms with van der Waals surface area (Å²) < 4.78 is 48.7. The van der Waals surface area contributed by atoms with Crippen molar-refractivity contribution in [2.24, 2.45) is 0 Å². The Kier molecular flexibility index (Phi) is 5.14. The first-order valence-corrected chi connectivity index (χ1v) is 11.9. The molecule has 3 aromatic rings. The molecule has 2 aromatic carbocycles. The number of ether oxygens (including phenoxy) is 1. The number of hydrogen-bond acceptors (Lipinski definition) is 5. The molecule has 0 spiro atoms. The van der Waals surface area contributed by atoms with Crippen molar-refractivity contribution < 1.29 is 23.0 Å². The highest BCUT2D eigenvalue weighted by atomic mass is 19.4. The van der Waals surface area contributed by atoms with Gasteiger partial charge in [0, 0.05) is 36.3 Å². The second-order valence-electron chi connectivity index (χ2n) is 9.38. The molecule has 2 aliphatic heterocycles. The van der Waals surface area contributed by atoms with Gasteiger partial charge in [0.2, 0.25) is 0 Å². The van der Waals surface area contributed by atoms with Crippen LogP contribution in [-0.2, 0) is 25.4 Å². The summed E-state index contributed by atoms with van der Waals surface area (Å²) in [6.45, 7) is 1.46. The first kappa shape index (κ1) is 22.2. The average molecular weight is 483 g/mol. The van der Waals surface area contributed by atoms with E-state index >= 15 is 0 Å². The lowest BCUT2D eigenvalue weighted by atomic mass is 10.0. The molecule has 0 saturated carbocycles. The molecular formula is C26H24F3N3O3. The van der Waals surface area contributed by atoms with Gasteiger partial charge in [0.1, 0.15) is 5.75 Å². The molecule has 182 valence electrons. The van der Waals surface area contributed by atoms with Crippen LogP contribution in [0.15, 0.2) is 41.2 Å². The van der Waals surface area contributed by atoms with Gasteiger partial charge in [-0.2, -0.15) is 23.0 Å². The fourth-order valence-corrected chi connectivity index (χ4v) is 5.41. The van der Waals surface area contributed by atoms with Crippen LogP contribution in [-0.4, -0.2) is 40.7 Å². The zero-order valence-corrected chi connectivity index (χ0v) is 18.9. The molecule has 0 bridgehead atoms. The minimum atomic E-state index is -4.66. The van der Waals surface area contributed by atoms with E-state index in [0.717, 1.165) is 46.0 Å². The number of alkyl halides is 3. The summed E-state index contributed by atoms with van der Waals surface area (Å²) in [5.41, 5.74) is 2.50. The van der Waals surface area contributed by atoms with Crippen molar-refractivity contribution in [3.05, 3.63) is 69.0 Å². The van der Waals surface area contributed by atoms with E-state index < -0.39 is 23.4 Å². The van der Waals surface area contributed by atoms with Gasteiger partial charge < -0.3 is 14.7 Å². The van der Waals surface area contributed by atoms with E-state index in [0.29, 0.717) is 55.9 Å². The molecule has 1 aliphatic carbocycles. The van der Waals surface area contributed by atoms with Crippen LogP contribution >= 0.6 is 0 Å². The summed E-state index contributed by atoms with van der Waals surface area (Å²) in [5, 5.41) is 14.5. The Bertz CT molecular complexity index is 1380. The molecular weight excluding hydrogens is 459 g/mol. The molecule has 0 amide bonds. The normalized spacial score (nSPS) is 19.1. The van der Waals surface area contributed by atoms with Gasteiger partial charge in [-0.25, -0.2) is 0 Å². The number of rotatable bonds is 3. The van der Waals surface area contributed by atoms with Crippen LogP contribution in [0.5, 0.6) is 5.75 Å². The highest BCUT2D eigenvalue weighted by Crippen LogP contribution is 2.38. The Balaban J connectivity index is 1.56. The van der Waals surface area contributed by atoms with E-state index in [9.17, 15) is 23.1 Å². The summed E-state index contributed by atoms with van der Waals surface area (Å²) in [7, 11) is 0. The quantitative estimate of drug-likeness (QED) is 0.612. The van der Waals surface area contributed by atoms with Crippen molar-refractivity contribution in [2.75, 3.05) is 24.6 Å². The maximum absolute atomic E-state index is 14.1. The van der Waals surface area contributed by atoms with Gasteiger partial charge >= 0.3 is 6.18 Å². The SMILES string of the molecule is O=c1c2c(c(-c3ccc4c(c3)CCO4)nn1-c1cc(N3CC[C@H](O)C3)ccc1C(F)(F)F)CCC2. The fraction of sp³-hybridized carbons (Fsp3) is 0.385. The lowest BCUT2D eigenvalue weighted by Gasteiger charge is -2.22. The number of nitrogens with zero attached hydrogens (tertiary/aromatic N) is 3. The predicted molar refractivity (Wildman–Crippen MR) is 124 cm³/mol. The monoisotopic (exact) mass is 483 g/mol. The lowest BCUT2D eigenvalue weighted by molar-refractivity contribution is -0.137. The van der Waals surface area contributed by atoms with Crippen LogP contribution in [0, 0.1) is 0 Å². The third kappa shape index (κ3) is 3.78. The predicted octanol–water partition coefficient (Wildman–Crippen LogP) is 3.91. The number of aliphatic hydroxyl groups excluding tert-OH is 1. The van der Waals surface area contributed by atoms with Gasteiger partial charge in [-0.3, -0.25) is 4.79 Å². The van der Waals surface area contributed by atoms with Gasteiger partial charge in [-0.1, -0.05) is 0 Å². The molecule has 1 fully saturated rings. The molecule has 3 heterocycles. The Morgan fingerprint density at radius 2 is 1.89 bits per heavy atom. The topological polar surface area (TPSA) is 67.6 Å². The van der Waals surface area contributed by atoms with E-state index in [-0.39, 0.29) is 5.69 Å². The van der Waals surface area contributed by atoms with Crippen LogP contribution in [0.4, 0.5) is 18.9 Å². The zero-order valence-electron chi connectivity index (χ0n) is 18.9. The lowest BCUT2D eigenvalue weighted by Crippen LogP contribution is -2.29. The number of hydrogen-bond donors (Lipinski definition) is 1. The summed E-state index contributed by atoms with van der Waals surface area (Å²) >= 11 is 0. The van der Waals surface area contributed by atoms with Crippen LogP contribution in [0.2, 0.25) is 0 Å². The van der Waals surface area contributed by atoms with Crippen LogP contribution in [0.1, 0.15) is 35.1 Å². The van der Waals surface area contributed by atoms with E-state index in [4.69, 9.17) is 4.74 Å². The third-order valence-corrected chi connectivity index (χ3v) is 7.16. The molecule has 6 rings (SSSR count). The first-order valence-electron chi connectivity index (χ1n) is 11.9. The van der Waals surface area contributed by atoms with Crippen LogP contribution in [0.25, 0.3) is 16.9 Å². The maximum atomic E-state index is 14.1. The molecule has 1 saturated heterocycles. The standard InChI is InChI=1S/C26H24F3N3O3/c27-26(28,29)21-6-5-17(31-10-8-18(33)14-31)13-22(21)32-25(34)20-3-1-2-19(20)24(30-32)16-4-7-23-15(12-16)9-11-35-23/h4-7,12-13,18,33H,1-3,8-11,14H2/t18-/m0/s1. The van der Waals surface area contributed by atoms with Gasteiger partial charge in [0.25, 0.3) is 5.56 Å². The van der Waals surface area contributed by atoms with E-state index in [2.05, 4.69) is 5.10 Å². The second-order valence-corrected chi connectivity index (χ2v) is 9.38. The largest absolute Gasteiger partial charge is 0.493 e. The second kappa shape index (κ2) is 8.12. The number of aliphatic hydroxyl groups is 1. The molecule has 0 unspecified atom stereocenters.